The Kier molecular flexibility index (Phi) is 4.85. The molecule has 3 rings (SSSR count). The van der Waals surface area contributed by atoms with Gasteiger partial charge in [-0.25, -0.2) is 0 Å². The van der Waals surface area contributed by atoms with E-state index >= 15 is 0 Å². The number of benzene rings is 2. The number of amides is 3. The van der Waals surface area contributed by atoms with Gasteiger partial charge in [-0.15, -0.1) is 0 Å². The standard InChI is InChI=1S/C20H21N3O4/c1-4-23-15-7-5-6-8-16(15)27-20(2,19(23)26)18(25)22-14-11-9-13(10-12-14)17(24)21-3/h5-12H,4H2,1-3H3,(H,21,24)(H,22,25). The van der Waals surface area contributed by atoms with E-state index in [9.17, 15) is 14.4 Å². The Morgan fingerprint density at radius 3 is 2.41 bits per heavy atom. The van der Waals surface area contributed by atoms with Crippen LogP contribution >= 0.6 is 0 Å². The van der Waals surface area contributed by atoms with Crippen LogP contribution in [0.4, 0.5) is 11.4 Å². The fourth-order valence-corrected chi connectivity index (χ4v) is 2.95. The number of hydrogen-bond donors (Lipinski definition) is 2. The van der Waals surface area contributed by atoms with Crippen molar-refractivity contribution in [1.82, 2.24) is 5.32 Å². The summed E-state index contributed by atoms with van der Waals surface area (Å²) >= 11 is 0. The zero-order valence-electron chi connectivity index (χ0n) is 15.4. The van der Waals surface area contributed by atoms with Crippen LogP contribution in [0.2, 0.25) is 0 Å². The number of likely N-dealkylation sites (N-methyl/N-ethyl adjacent to an activating group) is 1. The quantitative estimate of drug-likeness (QED) is 0.811. The number of hydrogen-bond acceptors (Lipinski definition) is 4. The zero-order chi connectivity index (χ0) is 19.6. The number of para-hydroxylation sites is 2. The first-order valence-electron chi connectivity index (χ1n) is 8.64. The molecule has 3 amide bonds. The van der Waals surface area contributed by atoms with Crippen LogP contribution in [0.1, 0.15) is 24.2 Å². The third kappa shape index (κ3) is 3.23. The summed E-state index contributed by atoms with van der Waals surface area (Å²) in [5, 5.41) is 5.23. The van der Waals surface area contributed by atoms with E-state index in [-0.39, 0.29) is 5.91 Å². The van der Waals surface area contributed by atoms with Gasteiger partial charge < -0.3 is 20.3 Å². The molecule has 0 aliphatic carbocycles. The van der Waals surface area contributed by atoms with Gasteiger partial charge in [-0.2, -0.15) is 0 Å². The number of nitrogens with zero attached hydrogens (tertiary/aromatic N) is 1. The minimum atomic E-state index is -1.69. The lowest BCUT2D eigenvalue weighted by Gasteiger charge is -2.39. The first kappa shape index (κ1) is 18.4. The van der Waals surface area contributed by atoms with Crippen LogP contribution in [0.3, 0.4) is 0 Å². The molecule has 1 aliphatic heterocycles. The summed E-state index contributed by atoms with van der Waals surface area (Å²) in [5.74, 6) is -0.747. The average Bonchev–Trinajstić information content (AvgIpc) is 2.69. The maximum Gasteiger partial charge on any atom is 0.280 e. The molecule has 1 heterocycles. The first-order chi connectivity index (χ1) is 12.9. The monoisotopic (exact) mass is 367 g/mol. The van der Waals surface area contributed by atoms with E-state index in [2.05, 4.69) is 10.6 Å². The molecule has 27 heavy (non-hydrogen) atoms. The van der Waals surface area contributed by atoms with Crippen LogP contribution in [0.5, 0.6) is 5.75 Å². The van der Waals surface area contributed by atoms with E-state index in [1.165, 1.54) is 11.8 Å². The lowest BCUT2D eigenvalue weighted by molar-refractivity contribution is -0.145. The summed E-state index contributed by atoms with van der Waals surface area (Å²) in [6, 6.07) is 13.5. The van der Waals surface area contributed by atoms with E-state index in [0.29, 0.717) is 29.2 Å². The summed E-state index contributed by atoms with van der Waals surface area (Å²) in [4.78, 5) is 39.0. The maximum atomic E-state index is 12.9. The van der Waals surface area contributed by atoms with Gasteiger partial charge in [0.25, 0.3) is 23.3 Å². The molecule has 2 aromatic carbocycles. The number of anilines is 2. The van der Waals surface area contributed by atoms with Crippen LogP contribution in [0, 0.1) is 0 Å². The van der Waals surface area contributed by atoms with Gasteiger partial charge >= 0.3 is 0 Å². The van der Waals surface area contributed by atoms with Gasteiger partial charge in [0.15, 0.2) is 0 Å². The van der Waals surface area contributed by atoms with Crippen molar-refractivity contribution in [2.45, 2.75) is 19.4 Å². The normalized spacial score (nSPS) is 18.3. The van der Waals surface area contributed by atoms with Crippen LogP contribution in [0.25, 0.3) is 0 Å². The zero-order valence-corrected chi connectivity index (χ0v) is 15.4. The third-order valence-corrected chi connectivity index (χ3v) is 4.50. The Hall–Kier alpha value is -3.35. The van der Waals surface area contributed by atoms with Gasteiger partial charge in [-0.05, 0) is 50.2 Å². The van der Waals surface area contributed by atoms with Crippen molar-refractivity contribution in [2.75, 3.05) is 23.8 Å². The smallest absolute Gasteiger partial charge is 0.280 e. The van der Waals surface area contributed by atoms with Crippen LogP contribution < -0.4 is 20.3 Å². The van der Waals surface area contributed by atoms with E-state index in [0.717, 1.165) is 0 Å². The van der Waals surface area contributed by atoms with Crippen molar-refractivity contribution >= 4 is 29.1 Å². The second kappa shape index (κ2) is 7.11. The Balaban J connectivity index is 1.85. The molecule has 0 saturated carbocycles. The molecular weight excluding hydrogens is 346 g/mol. The molecule has 2 aromatic rings. The molecule has 0 saturated heterocycles. The van der Waals surface area contributed by atoms with E-state index < -0.39 is 17.4 Å². The van der Waals surface area contributed by atoms with E-state index in [1.54, 1.807) is 49.5 Å². The Morgan fingerprint density at radius 1 is 1.11 bits per heavy atom. The molecule has 0 radical (unpaired) electrons. The van der Waals surface area contributed by atoms with Crippen molar-refractivity contribution < 1.29 is 19.1 Å². The van der Waals surface area contributed by atoms with Gasteiger partial charge in [0, 0.05) is 24.8 Å². The fourth-order valence-electron chi connectivity index (χ4n) is 2.95. The molecule has 0 aromatic heterocycles. The van der Waals surface area contributed by atoms with Gasteiger partial charge in [0.1, 0.15) is 5.75 Å². The molecule has 1 unspecified atom stereocenters. The molecule has 1 aliphatic rings. The van der Waals surface area contributed by atoms with Crippen LogP contribution in [0.15, 0.2) is 48.5 Å². The van der Waals surface area contributed by atoms with Crippen LogP contribution in [-0.4, -0.2) is 36.9 Å². The molecule has 7 nitrogen and oxygen atoms in total. The van der Waals surface area contributed by atoms with Crippen molar-refractivity contribution in [1.29, 1.82) is 0 Å². The number of nitrogens with one attached hydrogen (secondary N) is 2. The summed E-state index contributed by atoms with van der Waals surface area (Å²) in [6.07, 6.45) is 0. The van der Waals surface area contributed by atoms with Crippen molar-refractivity contribution in [2.24, 2.45) is 0 Å². The maximum absolute atomic E-state index is 12.9. The highest BCUT2D eigenvalue weighted by Gasteiger charge is 2.50. The number of carbonyl (C=O) groups excluding carboxylic acids is 3. The highest BCUT2D eigenvalue weighted by Crippen LogP contribution is 2.37. The number of ether oxygens (including phenoxy) is 1. The van der Waals surface area contributed by atoms with Gasteiger partial charge in [0.05, 0.1) is 5.69 Å². The largest absolute Gasteiger partial charge is 0.465 e. The summed E-state index contributed by atoms with van der Waals surface area (Å²) in [6.45, 7) is 3.72. The molecular formula is C20H21N3O4. The van der Waals surface area contributed by atoms with Crippen molar-refractivity contribution in [3.63, 3.8) is 0 Å². The molecule has 0 bridgehead atoms. The minimum absolute atomic E-state index is 0.221. The highest BCUT2D eigenvalue weighted by atomic mass is 16.5. The first-order valence-corrected chi connectivity index (χ1v) is 8.64. The molecule has 140 valence electrons. The topological polar surface area (TPSA) is 87.7 Å². The second-order valence-corrected chi connectivity index (χ2v) is 6.26. The Morgan fingerprint density at radius 2 is 1.78 bits per heavy atom. The predicted octanol–water partition coefficient (Wildman–Crippen LogP) is 2.19. The second-order valence-electron chi connectivity index (χ2n) is 6.26. The highest BCUT2D eigenvalue weighted by molar-refractivity contribution is 6.19. The SMILES string of the molecule is CCN1C(=O)C(C)(C(=O)Nc2ccc(C(=O)NC)cc2)Oc2ccccc21. The molecule has 7 heteroatoms. The van der Waals surface area contributed by atoms with Crippen molar-refractivity contribution in [3.8, 4) is 5.75 Å². The number of fused-ring (bicyclic) bond motifs is 1. The molecule has 0 fully saturated rings. The van der Waals surface area contributed by atoms with Gasteiger partial charge in [-0.3, -0.25) is 14.4 Å². The molecule has 1 atom stereocenters. The van der Waals surface area contributed by atoms with Crippen molar-refractivity contribution in [3.05, 3.63) is 54.1 Å². The molecule has 2 N–H and O–H groups in total. The molecule has 0 spiro atoms. The summed E-state index contributed by atoms with van der Waals surface area (Å²) in [5.41, 5.74) is -0.112. The minimum Gasteiger partial charge on any atom is -0.465 e. The number of rotatable bonds is 4. The van der Waals surface area contributed by atoms with Gasteiger partial charge in [0.2, 0.25) is 0 Å². The van der Waals surface area contributed by atoms with Crippen LogP contribution in [-0.2, 0) is 9.59 Å². The Bertz CT molecular complexity index is 894. The lowest BCUT2D eigenvalue weighted by Crippen LogP contribution is -2.60. The number of carbonyl (C=O) groups is 3. The predicted molar refractivity (Wildman–Crippen MR) is 102 cm³/mol. The Labute approximate surface area is 157 Å². The fraction of sp³-hybridized carbons (Fsp3) is 0.250. The summed E-state index contributed by atoms with van der Waals surface area (Å²) < 4.78 is 5.81. The lowest BCUT2D eigenvalue weighted by atomic mass is 9.99. The van der Waals surface area contributed by atoms with E-state index in [1.807, 2.05) is 13.0 Å². The third-order valence-electron chi connectivity index (χ3n) is 4.50. The van der Waals surface area contributed by atoms with Gasteiger partial charge in [-0.1, -0.05) is 12.1 Å². The summed E-state index contributed by atoms with van der Waals surface area (Å²) in [7, 11) is 1.54. The average molecular weight is 367 g/mol. The van der Waals surface area contributed by atoms with E-state index in [4.69, 9.17) is 4.74 Å².